The summed E-state index contributed by atoms with van der Waals surface area (Å²) in [5.41, 5.74) is 20.0. The monoisotopic (exact) mass is 951 g/mol. The molecular weight excluding hydrogens is 876 g/mol. The Bertz CT molecular complexity index is 2550. The highest BCUT2D eigenvalue weighted by Gasteiger charge is 2.24. The average Bonchev–Trinajstić information content (AvgIpc) is 3.33. The number of amides is 4. The number of carbonyl (C=O) groups excluding carboxylic acids is 2. The SMILES string of the molecule is CC(C)c1ccc(N(Cc2ccc(N(C)C)cc2)C(=O)Nc2c(C(C)C)cccc2C(C)C)cc1.CCc1c(N)cc(Cl)c(CC)c1NC(=O)N(Cc1ccc(OC)cc1)c1ccc(C(C)C)cc1. The number of anilines is 6. The van der Waals surface area contributed by atoms with Gasteiger partial charge in [0.1, 0.15) is 5.75 Å². The molecule has 0 saturated heterocycles. The number of nitrogens with one attached hydrogen (secondary N) is 2. The number of nitrogen functional groups attached to an aromatic ring is 1. The second-order valence-electron chi connectivity index (χ2n) is 19.0. The Morgan fingerprint density at radius 3 is 1.35 bits per heavy atom. The van der Waals surface area contributed by atoms with Crippen LogP contribution in [0.4, 0.5) is 43.7 Å². The number of hydrogen-bond acceptors (Lipinski definition) is 5. The van der Waals surface area contributed by atoms with E-state index in [1.165, 1.54) is 11.1 Å². The van der Waals surface area contributed by atoms with Crippen LogP contribution in [0, 0.1) is 0 Å². The van der Waals surface area contributed by atoms with Crippen molar-refractivity contribution < 1.29 is 14.3 Å². The first kappa shape index (κ1) is 53.5. The summed E-state index contributed by atoms with van der Waals surface area (Å²) in [7, 11) is 5.70. The minimum Gasteiger partial charge on any atom is -0.497 e. The van der Waals surface area contributed by atoms with Gasteiger partial charge >= 0.3 is 12.1 Å². The summed E-state index contributed by atoms with van der Waals surface area (Å²) >= 11 is 6.49. The predicted molar refractivity (Wildman–Crippen MR) is 294 cm³/mol. The van der Waals surface area contributed by atoms with E-state index in [2.05, 4.69) is 150 Å². The first-order valence-electron chi connectivity index (χ1n) is 24.4. The predicted octanol–water partition coefficient (Wildman–Crippen LogP) is 15.8. The van der Waals surface area contributed by atoms with Crippen molar-refractivity contribution in [3.8, 4) is 5.75 Å². The van der Waals surface area contributed by atoms with Crippen LogP contribution >= 0.6 is 11.6 Å². The quantitative estimate of drug-likeness (QED) is 0.0839. The Morgan fingerprint density at radius 2 is 0.971 bits per heavy atom. The molecule has 10 heteroatoms. The van der Waals surface area contributed by atoms with Gasteiger partial charge in [0.2, 0.25) is 0 Å². The highest BCUT2D eigenvalue weighted by Crippen LogP contribution is 2.36. The second kappa shape index (κ2) is 24.7. The zero-order valence-electron chi connectivity index (χ0n) is 43.2. The van der Waals surface area contributed by atoms with E-state index in [-0.39, 0.29) is 12.1 Å². The fraction of sp³-hybridized carbons (Fsp3) is 0.356. The summed E-state index contributed by atoms with van der Waals surface area (Å²) in [6.07, 6.45) is 1.37. The number of ether oxygens (including phenoxy) is 1. The van der Waals surface area contributed by atoms with Crippen LogP contribution in [0.3, 0.4) is 0 Å². The molecule has 0 bridgehead atoms. The maximum absolute atomic E-state index is 13.9. The smallest absolute Gasteiger partial charge is 0.326 e. The molecule has 6 rings (SSSR count). The molecule has 0 unspecified atom stereocenters. The molecule has 0 radical (unpaired) electrons. The minimum absolute atomic E-state index is 0.117. The van der Waals surface area contributed by atoms with Crippen molar-refractivity contribution in [3.63, 3.8) is 0 Å². The molecule has 0 saturated carbocycles. The van der Waals surface area contributed by atoms with E-state index in [4.69, 9.17) is 22.1 Å². The summed E-state index contributed by atoms with van der Waals surface area (Å²) in [5.74, 6) is 2.24. The fourth-order valence-electron chi connectivity index (χ4n) is 8.31. The normalized spacial score (nSPS) is 11.1. The number of benzene rings is 6. The maximum Gasteiger partial charge on any atom is 0.326 e. The molecule has 366 valence electrons. The van der Waals surface area contributed by atoms with Gasteiger partial charge in [-0.3, -0.25) is 9.80 Å². The molecule has 6 aromatic carbocycles. The van der Waals surface area contributed by atoms with E-state index >= 15 is 0 Å². The number of carbonyl (C=O) groups is 2. The standard InChI is InChI=1S/C31H41N3O.C28H34ClN3O2/c1-21(2)25-14-18-27(19-15-25)34(20-24-12-16-26(17-13-24)33(7)8)31(35)32-30-28(22(3)4)10-9-11-29(30)23(5)6;1-6-23-25(29)16-26(30)24(7-2)27(23)31-28(33)32(17-19-8-14-22(34-5)15-9-19)21-12-10-20(11-13-21)18(3)4/h9-19,21-23H,20H2,1-8H3,(H,32,35);8-16,18H,6-7,17,30H2,1-5H3,(H,31,33). The van der Waals surface area contributed by atoms with Crippen LogP contribution in [-0.2, 0) is 25.9 Å². The zero-order valence-corrected chi connectivity index (χ0v) is 44.0. The second-order valence-corrected chi connectivity index (χ2v) is 19.4. The lowest BCUT2D eigenvalue weighted by atomic mass is 9.92. The van der Waals surface area contributed by atoms with Crippen molar-refractivity contribution >= 4 is 57.8 Å². The van der Waals surface area contributed by atoms with Gasteiger partial charge in [-0.2, -0.15) is 0 Å². The summed E-state index contributed by atoms with van der Waals surface area (Å²) in [5, 5.41) is 7.01. The number of nitrogens with zero attached hydrogens (tertiary/aromatic N) is 3. The summed E-state index contributed by atoms with van der Waals surface area (Å²) in [6, 6.07) is 40.3. The molecule has 9 nitrogen and oxygen atoms in total. The number of nitrogens with two attached hydrogens (primary N) is 1. The van der Waals surface area contributed by atoms with Gasteiger partial charge in [0, 0.05) is 47.6 Å². The molecular formula is C59H75ClN6O3. The topological polar surface area (TPSA) is 103 Å². The van der Waals surface area contributed by atoms with Crippen molar-refractivity contribution in [2.24, 2.45) is 0 Å². The summed E-state index contributed by atoms with van der Waals surface area (Å²) < 4.78 is 5.28. The molecule has 6 aromatic rings. The van der Waals surface area contributed by atoms with Crippen LogP contribution in [0.1, 0.15) is 137 Å². The van der Waals surface area contributed by atoms with Gasteiger partial charge in [-0.15, -0.1) is 0 Å². The third-order valence-corrected chi connectivity index (χ3v) is 12.9. The highest BCUT2D eigenvalue weighted by molar-refractivity contribution is 6.32. The molecule has 4 amide bonds. The van der Waals surface area contributed by atoms with E-state index in [0.717, 1.165) is 61.9 Å². The van der Waals surface area contributed by atoms with Gasteiger partial charge in [0.25, 0.3) is 0 Å². The van der Waals surface area contributed by atoms with Crippen molar-refractivity contribution in [3.05, 3.63) is 171 Å². The van der Waals surface area contributed by atoms with Gasteiger partial charge in [-0.1, -0.05) is 148 Å². The Kier molecular flexibility index (Phi) is 19.2. The van der Waals surface area contributed by atoms with Crippen molar-refractivity contribution in [1.29, 1.82) is 0 Å². The third-order valence-electron chi connectivity index (χ3n) is 12.6. The molecule has 69 heavy (non-hydrogen) atoms. The molecule has 0 heterocycles. The molecule has 0 fully saturated rings. The van der Waals surface area contributed by atoms with Crippen molar-refractivity contribution in [2.75, 3.05) is 52.3 Å². The Balaban J connectivity index is 0.000000258. The van der Waals surface area contributed by atoms with Crippen LogP contribution in [-0.4, -0.2) is 33.3 Å². The number of halogens is 1. The van der Waals surface area contributed by atoms with E-state index in [1.54, 1.807) is 18.1 Å². The lowest BCUT2D eigenvalue weighted by Crippen LogP contribution is -2.35. The zero-order chi connectivity index (χ0) is 50.5. The third kappa shape index (κ3) is 13.8. The van der Waals surface area contributed by atoms with Crippen LogP contribution in [0.15, 0.2) is 121 Å². The van der Waals surface area contributed by atoms with Crippen LogP contribution < -0.4 is 35.8 Å². The fourth-order valence-corrected chi connectivity index (χ4v) is 8.66. The molecule has 0 aliphatic rings. The lowest BCUT2D eigenvalue weighted by Gasteiger charge is -2.27. The van der Waals surface area contributed by atoms with E-state index in [1.807, 2.05) is 69.2 Å². The molecule has 4 N–H and O–H groups in total. The van der Waals surface area contributed by atoms with Gasteiger partial charge in [0.15, 0.2) is 0 Å². The molecule has 0 aliphatic carbocycles. The van der Waals surface area contributed by atoms with Crippen LogP contribution in [0.5, 0.6) is 5.75 Å². The number of methoxy groups -OCH3 is 1. The van der Waals surface area contributed by atoms with Crippen LogP contribution in [0.2, 0.25) is 5.02 Å². The number of urea groups is 2. The lowest BCUT2D eigenvalue weighted by molar-refractivity contribution is 0.256. The Morgan fingerprint density at radius 1 is 0.565 bits per heavy atom. The summed E-state index contributed by atoms with van der Waals surface area (Å²) in [4.78, 5) is 33.3. The van der Waals surface area contributed by atoms with Gasteiger partial charge in [-0.05, 0) is 136 Å². The Labute approximate surface area is 418 Å². The molecule has 0 spiro atoms. The largest absolute Gasteiger partial charge is 0.497 e. The average molecular weight is 952 g/mol. The number of hydrogen-bond donors (Lipinski definition) is 3. The highest BCUT2D eigenvalue weighted by atomic mass is 35.5. The summed E-state index contributed by atoms with van der Waals surface area (Å²) in [6.45, 7) is 22.3. The number of rotatable bonds is 16. The molecule has 0 atom stereocenters. The number of para-hydroxylation sites is 1. The van der Waals surface area contributed by atoms with Gasteiger partial charge in [-0.25, -0.2) is 9.59 Å². The molecule has 0 aliphatic heterocycles. The van der Waals surface area contributed by atoms with Crippen LogP contribution in [0.25, 0.3) is 0 Å². The molecule has 0 aromatic heterocycles. The van der Waals surface area contributed by atoms with E-state index in [0.29, 0.717) is 66.0 Å². The first-order valence-corrected chi connectivity index (χ1v) is 24.7. The van der Waals surface area contributed by atoms with E-state index in [9.17, 15) is 9.59 Å². The van der Waals surface area contributed by atoms with Gasteiger partial charge in [0.05, 0.1) is 25.9 Å². The maximum atomic E-state index is 13.9. The van der Waals surface area contributed by atoms with Gasteiger partial charge < -0.3 is 26.0 Å². The Hall–Kier alpha value is -6.45. The van der Waals surface area contributed by atoms with Crippen molar-refractivity contribution in [1.82, 2.24) is 0 Å². The van der Waals surface area contributed by atoms with Crippen molar-refractivity contribution in [2.45, 2.75) is 119 Å². The minimum atomic E-state index is -0.237. The first-order chi connectivity index (χ1) is 32.9. The van der Waals surface area contributed by atoms with E-state index < -0.39 is 0 Å².